The van der Waals surface area contributed by atoms with Gasteiger partial charge in [-0.3, -0.25) is 9.59 Å². The third-order valence-electron chi connectivity index (χ3n) is 19.4. The number of unbranched alkanes of at least 4 members (excludes halogenated alkanes) is 28. The molecule has 5 rings (SSSR count). The Morgan fingerprint density at radius 2 is 0.644 bits per heavy atom. The SMILES string of the molecule is CCCCCCCCCCCCOc1c(COc2ccc(N=Nc3ccc(C(=O)NCC[C@H](C)CCC=C(C)C)cc3)cc2)cc(COc2ccc(N=Nc3ccc(C(=O)NCC[C@H](C)CCCC=C(C)C)cc3)cc2)c(OCCCCCCCCCCCC)c1OCCCCCCCCCCCC. The van der Waals surface area contributed by atoms with Crippen LogP contribution < -0.4 is 34.3 Å². The number of allylic oxidation sites excluding steroid dienone is 4. The number of hydrogen-bond donors (Lipinski definition) is 2. The van der Waals surface area contributed by atoms with Crippen molar-refractivity contribution < 1.29 is 33.3 Å². The lowest BCUT2D eigenvalue weighted by atomic mass is 10.00. The summed E-state index contributed by atoms with van der Waals surface area (Å²) < 4.78 is 34.5. The maximum Gasteiger partial charge on any atom is 0.251 e. The van der Waals surface area contributed by atoms with Gasteiger partial charge in [0, 0.05) is 35.3 Å². The van der Waals surface area contributed by atoms with E-state index in [4.69, 9.17) is 23.7 Å². The Balaban J connectivity index is 1.37. The molecule has 0 saturated carbocycles. The summed E-state index contributed by atoms with van der Waals surface area (Å²) >= 11 is 0. The van der Waals surface area contributed by atoms with Gasteiger partial charge in [-0.25, -0.2) is 0 Å². The fourth-order valence-corrected chi connectivity index (χ4v) is 12.7. The topological polar surface area (TPSA) is 154 Å². The minimum Gasteiger partial charge on any atom is -0.489 e. The molecule has 0 fully saturated rings. The normalized spacial score (nSPS) is 12.0. The molecule has 0 radical (unpaired) electrons. The number of ether oxygens (including phenoxy) is 5. The van der Waals surface area contributed by atoms with Crippen LogP contribution in [0.3, 0.4) is 0 Å². The average Bonchev–Trinajstić information content (AvgIpc) is 0.789. The molecule has 2 N–H and O–H groups in total. The molecule has 2 atom stereocenters. The molecular formula is C91H138N6O7. The fraction of sp³-hybridized carbons (Fsp3) is 0.604. The van der Waals surface area contributed by atoms with Crippen molar-refractivity contribution in [2.24, 2.45) is 32.3 Å². The maximum atomic E-state index is 13.0. The van der Waals surface area contributed by atoms with E-state index < -0.39 is 0 Å². The molecule has 0 aliphatic heterocycles. The van der Waals surface area contributed by atoms with Crippen molar-refractivity contribution in [1.29, 1.82) is 0 Å². The molecule has 2 amide bonds. The van der Waals surface area contributed by atoms with Crippen molar-refractivity contribution in [3.05, 3.63) is 149 Å². The Morgan fingerprint density at radius 1 is 0.346 bits per heavy atom. The fourth-order valence-electron chi connectivity index (χ4n) is 12.7. The number of carbonyl (C=O) groups is 2. The number of amides is 2. The molecule has 13 heteroatoms. The van der Waals surface area contributed by atoms with Crippen molar-refractivity contribution in [3.63, 3.8) is 0 Å². The van der Waals surface area contributed by atoms with Gasteiger partial charge in [0.15, 0.2) is 11.5 Å². The quantitative estimate of drug-likeness (QED) is 0.0223. The van der Waals surface area contributed by atoms with Crippen molar-refractivity contribution in [2.45, 2.75) is 313 Å². The Morgan fingerprint density at radius 3 is 0.981 bits per heavy atom. The zero-order valence-electron chi connectivity index (χ0n) is 66.4. The van der Waals surface area contributed by atoms with Gasteiger partial charge in [-0.05, 0) is 200 Å². The lowest BCUT2D eigenvalue weighted by Crippen LogP contribution is -2.25. The van der Waals surface area contributed by atoms with Gasteiger partial charge in [-0.2, -0.15) is 20.5 Å². The highest BCUT2D eigenvalue weighted by Gasteiger charge is 2.25. The van der Waals surface area contributed by atoms with E-state index in [2.05, 4.69) is 112 Å². The maximum absolute atomic E-state index is 13.0. The Bertz CT molecular complexity index is 3170. The largest absolute Gasteiger partial charge is 0.489 e. The molecule has 0 unspecified atom stereocenters. The molecule has 104 heavy (non-hydrogen) atoms. The first-order valence-electron chi connectivity index (χ1n) is 41.2. The van der Waals surface area contributed by atoms with E-state index >= 15 is 0 Å². The van der Waals surface area contributed by atoms with Crippen LogP contribution in [0.15, 0.2) is 147 Å². The highest BCUT2D eigenvalue weighted by atomic mass is 16.5. The Hall–Kier alpha value is -7.28. The molecule has 13 nitrogen and oxygen atoms in total. The lowest BCUT2D eigenvalue weighted by molar-refractivity contribution is 0.0943. The van der Waals surface area contributed by atoms with Gasteiger partial charge in [0.25, 0.3) is 11.8 Å². The number of nitrogens with zero attached hydrogens (tertiary/aromatic N) is 4. The van der Waals surface area contributed by atoms with E-state index in [0.717, 1.165) is 88.2 Å². The van der Waals surface area contributed by atoms with Crippen LogP contribution in [0.4, 0.5) is 22.7 Å². The Labute approximate surface area is 630 Å². The summed E-state index contributed by atoms with van der Waals surface area (Å²) in [6, 6.07) is 31.9. The van der Waals surface area contributed by atoms with Gasteiger partial charge in [0.05, 0.1) is 42.6 Å². The van der Waals surface area contributed by atoms with Gasteiger partial charge in [0.2, 0.25) is 5.75 Å². The number of nitrogens with one attached hydrogen (secondary N) is 2. The standard InChI is InChI=1S/C91H138N6O7/c1-10-13-16-19-22-25-28-31-34-39-67-100-87-79(71-103-85-59-55-83(56-60-85)96-94-81-51-47-77(48-52-81)90(98)92-65-63-75(8)45-38-37-43-73(4)5)70-80(88(101-68-40-35-32-29-26-23-20-17-14-11-2)89(87)102-69-41-36-33-30-27-24-21-18-15-12-3)72-104-86-61-57-84(58-62-86)97-95-82-53-49-78(50-54-82)91(99)93-66-64-76(9)46-42-44-74(6)7/h43-44,47-62,70,75-76H,10-42,45-46,63-69,71-72H2,1-9H3,(H,92,98)(H,93,99)/t75-,76-/m1/s1. The summed E-state index contributed by atoms with van der Waals surface area (Å²) in [6.07, 6.45) is 49.0. The molecule has 0 spiro atoms. The van der Waals surface area contributed by atoms with Crippen LogP contribution in [-0.4, -0.2) is 44.7 Å². The first kappa shape index (κ1) is 87.4. The number of hydrogen-bond acceptors (Lipinski definition) is 11. The van der Waals surface area contributed by atoms with Crippen molar-refractivity contribution in [2.75, 3.05) is 32.9 Å². The first-order chi connectivity index (χ1) is 50.8. The summed E-state index contributed by atoms with van der Waals surface area (Å²) in [6.45, 7) is 23.2. The van der Waals surface area contributed by atoms with Crippen LogP contribution in [0.1, 0.15) is 332 Å². The molecule has 0 aliphatic carbocycles. The van der Waals surface area contributed by atoms with Gasteiger partial charge in [-0.15, -0.1) is 0 Å². The third kappa shape index (κ3) is 39.7. The average molecular weight is 1430 g/mol. The van der Waals surface area contributed by atoms with Crippen LogP contribution in [-0.2, 0) is 13.2 Å². The van der Waals surface area contributed by atoms with E-state index in [1.54, 1.807) is 24.3 Å². The van der Waals surface area contributed by atoms with Crippen molar-refractivity contribution in [1.82, 2.24) is 10.6 Å². The molecule has 5 aromatic carbocycles. The minimum absolute atomic E-state index is 0.0803. The van der Waals surface area contributed by atoms with Crippen molar-refractivity contribution >= 4 is 34.6 Å². The summed E-state index contributed by atoms with van der Waals surface area (Å²) in [5, 5.41) is 24.3. The van der Waals surface area contributed by atoms with Crippen LogP contribution >= 0.6 is 0 Å². The number of azo groups is 2. The summed E-state index contributed by atoms with van der Waals surface area (Å²) in [5.74, 6) is 4.21. The van der Waals surface area contributed by atoms with Gasteiger partial charge in [-0.1, -0.05) is 238 Å². The smallest absolute Gasteiger partial charge is 0.251 e. The van der Waals surface area contributed by atoms with Gasteiger partial charge in [0.1, 0.15) is 24.7 Å². The van der Waals surface area contributed by atoms with E-state index in [0.29, 0.717) is 107 Å². The first-order valence-corrected chi connectivity index (χ1v) is 41.2. The summed E-state index contributed by atoms with van der Waals surface area (Å²) in [7, 11) is 0. The van der Waals surface area contributed by atoms with E-state index in [1.807, 2.05) is 72.8 Å². The monoisotopic (exact) mass is 1430 g/mol. The van der Waals surface area contributed by atoms with Gasteiger partial charge >= 0.3 is 0 Å². The predicted molar refractivity (Wildman–Crippen MR) is 435 cm³/mol. The van der Waals surface area contributed by atoms with Crippen LogP contribution in [0.25, 0.3) is 0 Å². The second-order valence-electron chi connectivity index (χ2n) is 29.7. The number of carbonyl (C=O) groups excluding carboxylic acids is 2. The molecule has 0 heterocycles. The van der Waals surface area contributed by atoms with Crippen molar-refractivity contribution in [3.8, 4) is 28.7 Å². The van der Waals surface area contributed by atoms with Crippen LogP contribution in [0.5, 0.6) is 28.7 Å². The highest BCUT2D eigenvalue weighted by Crippen LogP contribution is 2.45. The molecule has 0 bridgehead atoms. The molecule has 0 aromatic heterocycles. The van der Waals surface area contributed by atoms with E-state index in [1.165, 1.54) is 172 Å². The third-order valence-corrected chi connectivity index (χ3v) is 19.4. The van der Waals surface area contributed by atoms with Crippen LogP contribution in [0, 0.1) is 11.8 Å². The molecular weight excluding hydrogens is 1290 g/mol. The van der Waals surface area contributed by atoms with E-state index in [9.17, 15) is 9.59 Å². The van der Waals surface area contributed by atoms with Gasteiger partial charge < -0.3 is 34.3 Å². The molecule has 5 aromatic rings. The molecule has 0 aliphatic rings. The minimum atomic E-state index is -0.0850. The zero-order chi connectivity index (χ0) is 74.3. The second kappa shape index (κ2) is 56.1. The summed E-state index contributed by atoms with van der Waals surface area (Å²) in [4.78, 5) is 26.0. The number of benzene rings is 5. The Kier molecular flexibility index (Phi) is 47.1. The van der Waals surface area contributed by atoms with E-state index in [-0.39, 0.29) is 25.0 Å². The summed E-state index contributed by atoms with van der Waals surface area (Å²) in [5.41, 5.74) is 8.25. The second-order valence-corrected chi connectivity index (χ2v) is 29.7. The molecule has 574 valence electrons. The number of rotatable bonds is 61. The van der Waals surface area contributed by atoms with Crippen LogP contribution in [0.2, 0.25) is 0 Å². The molecule has 0 saturated heterocycles. The zero-order valence-corrected chi connectivity index (χ0v) is 66.4. The highest BCUT2D eigenvalue weighted by molar-refractivity contribution is 5.95. The predicted octanol–water partition coefficient (Wildman–Crippen LogP) is 28.0. The lowest BCUT2D eigenvalue weighted by Gasteiger charge is -2.23.